The van der Waals surface area contributed by atoms with Crippen molar-refractivity contribution in [1.82, 2.24) is 9.71 Å². The molecule has 132 valence electrons. The van der Waals surface area contributed by atoms with E-state index in [1.165, 1.54) is 0 Å². The van der Waals surface area contributed by atoms with Gasteiger partial charge in [0.1, 0.15) is 0 Å². The number of carbonyl (C=O) groups excluding carboxylic acids is 1. The van der Waals surface area contributed by atoms with E-state index in [4.69, 9.17) is 11.6 Å². The number of aromatic nitrogens is 1. The fourth-order valence-electron chi connectivity index (χ4n) is 2.72. The summed E-state index contributed by atoms with van der Waals surface area (Å²) >= 11 is 5.99. The Labute approximate surface area is 151 Å². The van der Waals surface area contributed by atoms with E-state index in [9.17, 15) is 13.2 Å². The first-order valence-electron chi connectivity index (χ1n) is 7.91. The van der Waals surface area contributed by atoms with Crippen LogP contribution in [0, 0.1) is 0 Å². The molecule has 1 N–H and O–H groups in total. The van der Waals surface area contributed by atoms with Gasteiger partial charge in [-0.15, -0.1) is 0 Å². The molecular formula is C17H18ClN3O3S. The minimum absolute atomic E-state index is 0.0179. The molecule has 2 heterocycles. The lowest BCUT2D eigenvalue weighted by molar-refractivity contribution is 0.0980. The Kier molecular flexibility index (Phi) is 5.08. The number of anilines is 1. The number of hydrogen-bond acceptors (Lipinski definition) is 4. The third-order valence-electron chi connectivity index (χ3n) is 4.12. The molecule has 1 amide bonds. The zero-order valence-electron chi connectivity index (χ0n) is 13.7. The standard InChI is InChI=1S/C17H18ClN3O3S/c1-2-25(23,24)20-10-12-7-15(11-19-9-12)21-6-5-13-8-14(18)3-4-16(13)17(21)22/h3-4,7-9,11,20H,2,5-6,10H2,1H3. The molecule has 1 aromatic carbocycles. The van der Waals surface area contributed by atoms with Crippen molar-refractivity contribution in [2.45, 2.75) is 19.9 Å². The van der Waals surface area contributed by atoms with Crippen LogP contribution in [0.25, 0.3) is 0 Å². The fraction of sp³-hybridized carbons (Fsp3) is 0.294. The van der Waals surface area contributed by atoms with Gasteiger partial charge in [0.05, 0.1) is 17.6 Å². The summed E-state index contributed by atoms with van der Waals surface area (Å²) in [7, 11) is -3.28. The summed E-state index contributed by atoms with van der Waals surface area (Å²) in [5.41, 5.74) is 2.92. The second-order valence-corrected chi connectivity index (χ2v) is 8.32. The number of pyridine rings is 1. The highest BCUT2D eigenvalue weighted by Crippen LogP contribution is 2.26. The van der Waals surface area contributed by atoms with Gasteiger partial charge in [-0.05, 0) is 48.7 Å². The van der Waals surface area contributed by atoms with Crippen LogP contribution < -0.4 is 9.62 Å². The third kappa shape index (κ3) is 4.00. The molecule has 6 nitrogen and oxygen atoms in total. The quantitative estimate of drug-likeness (QED) is 0.865. The van der Waals surface area contributed by atoms with Gasteiger partial charge < -0.3 is 4.90 Å². The number of nitrogens with zero attached hydrogens (tertiary/aromatic N) is 2. The summed E-state index contributed by atoms with van der Waals surface area (Å²) in [6.45, 7) is 2.25. The number of amides is 1. The number of hydrogen-bond donors (Lipinski definition) is 1. The first-order chi connectivity index (χ1) is 11.9. The van der Waals surface area contributed by atoms with Gasteiger partial charge in [-0.3, -0.25) is 9.78 Å². The van der Waals surface area contributed by atoms with Gasteiger partial charge in [0, 0.05) is 29.9 Å². The summed E-state index contributed by atoms with van der Waals surface area (Å²) in [6, 6.07) is 7.04. The van der Waals surface area contributed by atoms with E-state index in [2.05, 4.69) is 9.71 Å². The van der Waals surface area contributed by atoms with E-state index in [1.807, 2.05) is 6.07 Å². The van der Waals surface area contributed by atoms with E-state index in [0.717, 1.165) is 5.56 Å². The van der Waals surface area contributed by atoms with E-state index in [0.29, 0.717) is 34.8 Å². The minimum atomic E-state index is -3.28. The molecule has 0 saturated carbocycles. The van der Waals surface area contributed by atoms with Crippen molar-refractivity contribution in [3.63, 3.8) is 0 Å². The molecule has 25 heavy (non-hydrogen) atoms. The van der Waals surface area contributed by atoms with Gasteiger partial charge in [0.15, 0.2) is 0 Å². The Balaban J connectivity index is 1.82. The maximum absolute atomic E-state index is 12.7. The number of halogens is 1. The maximum atomic E-state index is 12.7. The molecular weight excluding hydrogens is 362 g/mol. The SMILES string of the molecule is CCS(=O)(=O)NCc1cncc(N2CCc3cc(Cl)ccc3C2=O)c1. The summed E-state index contributed by atoms with van der Waals surface area (Å²) in [6.07, 6.45) is 3.90. The van der Waals surface area contributed by atoms with E-state index < -0.39 is 10.0 Å². The molecule has 0 spiro atoms. The summed E-state index contributed by atoms with van der Waals surface area (Å²) in [5.74, 6) is -0.0876. The van der Waals surface area contributed by atoms with E-state index in [-0.39, 0.29) is 18.2 Å². The largest absolute Gasteiger partial charge is 0.306 e. The summed E-state index contributed by atoms with van der Waals surface area (Å²) in [5, 5.41) is 0.617. The van der Waals surface area contributed by atoms with Crippen molar-refractivity contribution in [3.8, 4) is 0 Å². The topological polar surface area (TPSA) is 79.4 Å². The van der Waals surface area contributed by atoms with Gasteiger partial charge in [-0.25, -0.2) is 13.1 Å². The minimum Gasteiger partial charge on any atom is -0.306 e. The molecule has 2 aromatic rings. The molecule has 0 aliphatic carbocycles. The van der Waals surface area contributed by atoms with Crippen LogP contribution in [0.3, 0.4) is 0 Å². The molecule has 0 saturated heterocycles. The normalized spacial score (nSPS) is 14.5. The highest BCUT2D eigenvalue weighted by Gasteiger charge is 2.26. The molecule has 1 aliphatic heterocycles. The molecule has 3 rings (SSSR count). The average molecular weight is 380 g/mol. The number of nitrogens with one attached hydrogen (secondary N) is 1. The second-order valence-electron chi connectivity index (χ2n) is 5.78. The molecule has 1 aliphatic rings. The summed E-state index contributed by atoms with van der Waals surface area (Å²) in [4.78, 5) is 18.5. The number of fused-ring (bicyclic) bond motifs is 1. The number of benzene rings is 1. The molecule has 0 bridgehead atoms. The van der Waals surface area contributed by atoms with Crippen molar-refractivity contribution < 1.29 is 13.2 Å². The lowest BCUT2D eigenvalue weighted by Gasteiger charge is -2.28. The Hall–Kier alpha value is -1.96. The number of sulfonamides is 1. The van der Waals surface area contributed by atoms with Crippen LogP contribution >= 0.6 is 11.6 Å². The van der Waals surface area contributed by atoms with Crippen LogP contribution in [0.15, 0.2) is 36.7 Å². The molecule has 0 unspecified atom stereocenters. The number of rotatable bonds is 5. The molecule has 8 heteroatoms. The smallest absolute Gasteiger partial charge is 0.258 e. The van der Waals surface area contributed by atoms with E-state index in [1.54, 1.807) is 42.4 Å². The summed E-state index contributed by atoms with van der Waals surface area (Å²) < 4.78 is 25.6. The van der Waals surface area contributed by atoms with Gasteiger partial charge in [0.2, 0.25) is 10.0 Å². The average Bonchev–Trinajstić information content (AvgIpc) is 2.60. The highest BCUT2D eigenvalue weighted by molar-refractivity contribution is 7.89. The third-order valence-corrected chi connectivity index (χ3v) is 5.70. The second kappa shape index (κ2) is 7.11. The van der Waals surface area contributed by atoms with Crippen LogP contribution in [-0.2, 0) is 23.0 Å². The van der Waals surface area contributed by atoms with Crippen LogP contribution in [0.2, 0.25) is 5.02 Å². The van der Waals surface area contributed by atoms with Crippen molar-refractivity contribution in [2.24, 2.45) is 0 Å². The first-order valence-corrected chi connectivity index (χ1v) is 9.94. The molecule has 0 radical (unpaired) electrons. The zero-order chi connectivity index (χ0) is 18.0. The Bertz CT molecular complexity index is 915. The zero-order valence-corrected chi connectivity index (χ0v) is 15.3. The highest BCUT2D eigenvalue weighted by atomic mass is 35.5. The molecule has 1 aromatic heterocycles. The van der Waals surface area contributed by atoms with Crippen LogP contribution in [0.1, 0.15) is 28.4 Å². The predicted molar refractivity (Wildman–Crippen MR) is 97.4 cm³/mol. The Morgan fingerprint density at radius 1 is 1.28 bits per heavy atom. The molecule has 0 fully saturated rings. The van der Waals surface area contributed by atoms with Gasteiger partial charge in [-0.1, -0.05) is 11.6 Å². The predicted octanol–water partition coefficient (Wildman–Crippen LogP) is 2.38. The van der Waals surface area contributed by atoms with E-state index >= 15 is 0 Å². The first kappa shape index (κ1) is 17.8. The van der Waals surface area contributed by atoms with Crippen LogP contribution in [-0.4, -0.2) is 31.6 Å². The van der Waals surface area contributed by atoms with Gasteiger partial charge in [0.25, 0.3) is 5.91 Å². The van der Waals surface area contributed by atoms with Crippen LogP contribution in [0.4, 0.5) is 5.69 Å². The van der Waals surface area contributed by atoms with Crippen molar-refractivity contribution in [1.29, 1.82) is 0 Å². The van der Waals surface area contributed by atoms with Gasteiger partial charge >= 0.3 is 0 Å². The lowest BCUT2D eigenvalue weighted by atomic mass is 9.98. The Morgan fingerprint density at radius 2 is 2.08 bits per heavy atom. The number of carbonyl (C=O) groups is 1. The fourth-order valence-corrected chi connectivity index (χ4v) is 3.50. The van der Waals surface area contributed by atoms with Crippen molar-refractivity contribution in [2.75, 3.05) is 17.2 Å². The monoisotopic (exact) mass is 379 g/mol. The Morgan fingerprint density at radius 3 is 2.84 bits per heavy atom. The van der Waals surface area contributed by atoms with Crippen molar-refractivity contribution in [3.05, 3.63) is 58.4 Å². The maximum Gasteiger partial charge on any atom is 0.258 e. The lowest BCUT2D eigenvalue weighted by Crippen LogP contribution is -2.37. The van der Waals surface area contributed by atoms with Crippen LogP contribution in [0.5, 0.6) is 0 Å². The van der Waals surface area contributed by atoms with Crippen molar-refractivity contribution >= 4 is 33.2 Å². The molecule has 0 atom stereocenters. The van der Waals surface area contributed by atoms with Gasteiger partial charge in [-0.2, -0.15) is 0 Å².